The number of rotatable bonds is 7. The summed E-state index contributed by atoms with van der Waals surface area (Å²) in [7, 11) is 3.30. The molecule has 0 unspecified atom stereocenters. The van der Waals surface area contributed by atoms with Crippen LogP contribution in [0.2, 0.25) is 0 Å². The highest BCUT2D eigenvalue weighted by Crippen LogP contribution is 2.28. The minimum atomic E-state index is 0.752. The van der Waals surface area contributed by atoms with E-state index in [2.05, 4.69) is 48.8 Å². The summed E-state index contributed by atoms with van der Waals surface area (Å²) in [6.07, 6.45) is 0.888. The van der Waals surface area contributed by atoms with Gasteiger partial charge in [0.15, 0.2) is 16.6 Å². The highest BCUT2D eigenvalue weighted by Gasteiger charge is 2.07. The van der Waals surface area contributed by atoms with Crippen LogP contribution in [0, 0.1) is 13.8 Å². The van der Waals surface area contributed by atoms with Crippen molar-refractivity contribution in [1.29, 1.82) is 0 Å². The molecule has 0 bridgehead atoms. The SMILES string of the molecule is COc1ccc(CCNc2nc(-c3ccc(C)c(C)c3)cs2)cc1OC. The van der Waals surface area contributed by atoms with Crippen molar-refractivity contribution in [3.8, 4) is 22.8 Å². The third-order valence-corrected chi connectivity index (χ3v) is 5.24. The smallest absolute Gasteiger partial charge is 0.183 e. The number of aryl methyl sites for hydroxylation is 2. The van der Waals surface area contributed by atoms with Gasteiger partial charge in [0.2, 0.25) is 0 Å². The number of aromatic nitrogens is 1. The number of benzene rings is 2. The lowest BCUT2D eigenvalue weighted by Crippen LogP contribution is -2.05. The highest BCUT2D eigenvalue weighted by molar-refractivity contribution is 7.14. The first-order valence-electron chi connectivity index (χ1n) is 8.58. The van der Waals surface area contributed by atoms with Gasteiger partial charge in [0.05, 0.1) is 19.9 Å². The maximum absolute atomic E-state index is 5.36. The van der Waals surface area contributed by atoms with Gasteiger partial charge in [-0.2, -0.15) is 0 Å². The van der Waals surface area contributed by atoms with Crippen LogP contribution in [-0.2, 0) is 6.42 Å². The van der Waals surface area contributed by atoms with Gasteiger partial charge in [-0.05, 0) is 55.2 Å². The van der Waals surface area contributed by atoms with Gasteiger partial charge in [0.1, 0.15) is 0 Å². The van der Waals surface area contributed by atoms with Crippen LogP contribution in [0.15, 0.2) is 41.8 Å². The molecule has 26 heavy (non-hydrogen) atoms. The fourth-order valence-electron chi connectivity index (χ4n) is 2.74. The van der Waals surface area contributed by atoms with E-state index >= 15 is 0 Å². The monoisotopic (exact) mass is 368 g/mol. The van der Waals surface area contributed by atoms with Gasteiger partial charge >= 0.3 is 0 Å². The molecule has 1 heterocycles. The van der Waals surface area contributed by atoms with Crippen molar-refractivity contribution in [2.24, 2.45) is 0 Å². The van der Waals surface area contributed by atoms with E-state index in [4.69, 9.17) is 14.5 Å². The summed E-state index contributed by atoms with van der Waals surface area (Å²) in [6.45, 7) is 5.07. The molecule has 3 rings (SSSR count). The molecule has 0 fully saturated rings. The maximum Gasteiger partial charge on any atom is 0.183 e. The highest BCUT2D eigenvalue weighted by atomic mass is 32.1. The summed E-state index contributed by atoms with van der Waals surface area (Å²) in [6, 6.07) is 12.5. The van der Waals surface area contributed by atoms with Crippen molar-refractivity contribution in [3.63, 3.8) is 0 Å². The van der Waals surface area contributed by atoms with E-state index in [-0.39, 0.29) is 0 Å². The predicted octanol–water partition coefficient (Wildman–Crippen LogP) is 5.10. The molecule has 0 spiro atoms. The lowest BCUT2D eigenvalue weighted by Gasteiger charge is -2.09. The summed E-state index contributed by atoms with van der Waals surface area (Å²) in [5, 5.41) is 6.45. The van der Waals surface area contributed by atoms with Crippen LogP contribution in [-0.4, -0.2) is 25.7 Å². The van der Waals surface area contributed by atoms with E-state index in [1.54, 1.807) is 25.6 Å². The van der Waals surface area contributed by atoms with Gasteiger partial charge in [-0.25, -0.2) is 4.98 Å². The molecule has 0 atom stereocenters. The number of nitrogens with one attached hydrogen (secondary N) is 1. The zero-order chi connectivity index (χ0) is 18.5. The van der Waals surface area contributed by atoms with Crippen molar-refractivity contribution in [2.75, 3.05) is 26.1 Å². The molecule has 0 aliphatic carbocycles. The fourth-order valence-corrected chi connectivity index (χ4v) is 3.49. The van der Waals surface area contributed by atoms with E-state index in [9.17, 15) is 0 Å². The topological polar surface area (TPSA) is 43.4 Å². The summed E-state index contributed by atoms with van der Waals surface area (Å²) in [5.41, 5.74) is 5.97. The quantitative estimate of drug-likeness (QED) is 0.630. The van der Waals surface area contributed by atoms with Crippen LogP contribution in [0.25, 0.3) is 11.3 Å². The second-order valence-electron chi connectivity index (χ2n) is 6.20. The van der Waals surface area contributed by atoms with Gasteiger partial charge in [-0.15, -0.1) is 11.3 Å². The van der Waals surface area contributed by atoms with Crippen molar-refractivity contribution in [2.45, 2.75) is 20.3 Å². The lowest BCUT2D eigenvalue weighted by molar-refractivity contribution is 0.354. The molecule has 4 nitrogen and oxygen atoms in total. The number of thiazole rings is 1. The zero-order valence-corrected chi connectivity index (χ0v) is 16.4. The Morgan fingerprint density at radius 3 is 2.50 bits per heavy atom. The zero-order valence-electron chi connectivity index (χ0n) is 15.6. The molecule has 5 heteroatoms. The van der Waals surface area contributed by atoms with Crippen LogP contribution in [0.3, 0.4) is 0 Å². The van der Waals surface area contributed by atoms with Crippen molar-refractivity contribution in [1.82, 2.24) is 4.98 Å². The molecule has 0 radical (unpaired) electrons. The summed E-state index contributed by atoms with van der Waals surface area (Å²) >= 11 is 1.64. The molecule has 2 aromatic carbocycles. The normalized spacial score (nSPS) is 10.6. The molecule has 3 aromatic rings. The predicted molar refractivity (Wildman–Crippen MR) is 109 cm³/mol. The van der Waals surface area contributed by atoms with E-state index < -0.39 is 0 Å². The Kier molecular flexibility index (Phi) is 5.78. The van der Waals surface area contributed by atoms with E-state index in [1.165, 1.54) is 16.7 Å². The van der Waals surface area contributed by atoms with Gasteiger partial charge in [0, 0.05) is 17.5 Å². The number of methoxy groups -OCH3 is 2. The average Bonchev–Trinajstić information content (AvgIpc) is 3.12. The first-order valence-corrected chi connectivity index (χ1v) is 9.46. The largest absolute Gasteiger partial charge is 0.493 e. The van der Waals surface area contributed by atoms with Gasteiger partial charge < -0.3 is 14.8 Å². The van der Waals surface area contributed by atoms with Crippen LogP contribution in [0.1, 0.15) is 16.7 Å². The van der Waals surface area contributed by atoms with Crippen molar-refractivity contribution >= 4 is 16.5 Å². The van der Waals surface area contributed by atoms with Gasteiger partial charge in [-0.3, -0.25) is 0 Å². The molecular formula is C21H24N2O2S. The maximum atomic E-state index is 5.36. The molecule has 0 saturated heterocycles. The van der Waals surface area contributed by atoms with Crippen LogP contribution >= 0.6 is 11.3 Å². The Labute approximate surface area is 158 Å². The molecule has 136 valence electrons. The number of ether oxygens (including phenoxy) is 2. The van der Waals surface area contributed by atoms with Crippen LogP contribution in [0.5, 0.6) is 11.5 Å². The molecular weight excluding hydrogens is 344 g/mol. The Balaban J connectivity index is 1.61. The van der Waals surface area contributed by atoms with E-state index in [0.717, 1.165) is 40.9 Å². The van der Waals surface area contributed by atoms with Crippen molar-refractivity contribution < 1.29 is 9.47 Å². The second-order valence-corrected chi connectivity index (χ2v) is 7.06. The first-order chi connectivity index (χ1) is 12.6. The average molecular weight is 369 g/mol. The van der Waals surface area contributed by atoms with E-state index in [0.29, 0.717) is 0 Å². The Morgan fingerprint density at radius 2 is 1.77 bits per heavy atom. The summed E-state index contributed by atoms with van der Waals surface area (Å²) in [5.74, 6) is 1.51. The van der Waals surface area contributed by atoms with Gasteiger partial charge in [-0.1, -0.05) is 18.2 Å². The van der Waals surface area contributed by atoms with Crippen LogP contribution in [0.4, 0.5) is 5.13 Å². The second kappa shape index (κ2) is 8.23. The van der Waals surface area contributed by atoms with Crippen LogP contribution < -0.4 is 14.8 Å². The lowest BCUT2D eigenvalue weighted by atomic mass is 10.1. The minimum absolute atomic E-state index is 0.752. The third-order valence-electron chi connectivity index (χ3n) is 4.44. The fraction of sp³-hybridized carbons (Fsp3) is 0.286. The number of hydrogen-bond donors (Lipinski definition) is 1. The molecule has 1 aromatic heterocycles. The number of anilines is 1. The summed E-state index contributed by atoms with van der Waals surface area (Å²) < 4.78 is 10.6. The molecule has 0 aliphatic rings. The number of hydrogen-bond acceptors (Lipinski definition) is 5. The van der Waals surface area contributed by atoms with Crippen molar-refractivity contribution in [3.05, 3.63) is 58.5 Å². The molecule has 0 saturated carbocycles. The first kappa shape index (κ1) is 18.3. The summed E-state index contributed by atoms with van der Waals surface area (Å²) in [4.78, 5) is 4.71. The van der Waals surface area contributed by atoms with E-state index in [1.807, 2.05) is 12.1 Å². The molecule has 0 aliphatic heterocycles. The molecule has 0 amide bonds. The Morgan fingerprint density at radius 1 is 0.962 bits per heavy atom. The Hall–Kier alpha value is -2.53. The standard InChI is InChI=1S/C21H24N2O2S/c1-14-5-7-17(11-15(14)2)18-13-26-21(23-18)22-10-9-16-6-8-19(24-3)20(12-16)25-4/h5-8,11-13H,9-10H2,1-4H3,(H,22,23). The van der Waals surface area contributed by atoms with Gasteiger partial charge in [0.25, 0.3) is 0 Å². The third kappa shape index (κ3) is 4.17. The Bertz CT molecular complexity index is 889. The minimum Gasteiger partial charge on any atom is -0.493 e. The number of nitrogens with zero attached hydrogens (tertiary/aromatic N) is 1. The molecule has 1 N–H and O–H groups in total.